The molecule has 1 saturated carbocycles. The van der Waals surface area contributed by atoms with E-state index in [1.54, 1.807) is 6.92 Å². The highest BCUT2D eigenvalue weighted by atomic mass is 16.5. The number of aryl methyl sites for hydroxylation is 1. The Labute approximate surface area is 130 Å². The van der Waals surface area contributed by atoms with E-state index in [0.29, 0.717) is 31.4 Å². The molecular weight excluding hydrogens is 282 g/mol. The Balaban J connectivity index is 1.79. The van der Waals surface area contributed by atoms with Crippen molar-refractivity contribution in [3.05, 3.63) is 29.8 Å². The van der Waals surface area contributed by atoms with Crippen LogP contribution in [0.5, 0.6) is 5.75 Å². The average molecular weight is 305 g/mol. The van der Waals surface area contributed by atoms with Gasteiger partial charge in [-0.1, -0.05) is 17.7 Å². The molecule has 5 nitrogen and oxygen atoms in total. The maximum atomic E-state index is 12.1. The summed E-state index contributed by atoms with van der Waals surface area (Å²) in [7, 11) is 0. The molecule has 120 valence electrons. The molecule has 0 aliphatic heterocycles. The summed E-state index contributed by atoms with van der Waals surface area (Å²) in [6.07, 6.45) is 2.08. The number of carbonyl (C=O) groups is 2. The molecule has 2 rings (SSSR count). The topological polar surface area (TPSA) is 75.6 Å². The summed E-state index contributed by atoms with van der Waals surface area (Å²) in [5, 5.41) is 11.9. The number of carbonyl (C=O) groups excluding carboxylic acids is 1. The Bertz CT molecular complexity index is 518. The van der Waals surface area contributed by atoms with Gasteiger partial charge in [0.25, 0.3) is 5.91 Å². The van der Waals surface area contributed by atoms with Crippen molar-refractivity contribution >= 4 is 11.9 Å². The van der Waals surface area contributed by atoms with Gasteiger partial charge in [0.05, 0.1) is 5.92 Å². The zero-order chi connectivity index (χ0) is 16.1. The van der Waals surface area contributed by atoms with E-state index in [1.165, 1.54) is 0 Å². The van der Waals surface area contributed by atoms with Crippen LogP contribution in [0.25, 0.3) is 0 Å². The Morgan fingerprint density at radius 3 is 2.32 bits per heavy atom. The van der Waals surface area contributed by atoms with E-state index in [2.05, 4.69) is 5.32 Å². The highest BCUT2D eigenvalue weighted by molar-refractivity contribution is 5.81. The summed E-state index contributed by atoms with van der Waals surface area (Å²) in [6.45, 7) is 3.71. The van der Waals surface area contributed by atoms with Gasteiger partial charge in [-0.2, -0.15) is 0 Å². The molecule has 1 aliphatic carbocycles. The molecule has 22 heavy (non-hydrogen) atoms. The van der Waals surface area contributed by atoms with E-state index in [0.717, 1.165) is 5.56 Å². The summed E-state index contributed by atoms with van der Waals surface area (Å²) < 4.78 is 5.63. The number of hydrogen-bond acceptors (Lipinski definition) is 3. The van der Waals surface area contributed by atoms with Crippen molar-refractivity contribution in [2.75, 3.05) is 0 Å². The second kappa shape index (κ2) is 7.29. The third-order valence-corrected chi connectivity index (χ3v) is 4.13. The van der Waals surface area contributed by atoms with Gasteiger partial charge in [-0.05, 0) is 51.7 Å². The van der Waals surface area contributed by atoms with E-state index < -0.39 is 12.1 Å². The van der Waals surface area contributed by atoms with E-state index in [4.69, 9.17) is 9.84 Å². The van der Waals surface area contributed by atoms with Gasteiger partial charge in [0.1, 0.15) is 5.75 Å². The first-order valence-corrected chi connectivity index (χ1v) is 7.72. The fraction of sp³-hybridized carbons (Fsp3) is 0.529. The second-order valence-corrected chi connectivity index (χ2v) is 5.97. The maximum Gasteiger partial charge on any atom is 0.306 e. The molecule has 0 saturated heterocycles. The van der Waals surface area contributed by atoms with Crippen LogP contribution in [0.15, 0.2) is 24.3 Å². The first-order valence-electron chi connectivity index (χ1n) is 7.72. The second-order valence-electron chi connectivity index (χ2n) is 5.97. The van der Waals surface area contributed by atoms with Crippen LogP contribution in [0, 0.1) is 12.8 Å². The van der Waals surface area contributed by atoms with Crippen LogP contribution < -0.4 is 10.1 Å². The molecule has 1 atom stereocenters. The van der Waals surface area contributed by atoms with Crippen molar-refractivity contribution < 1.29 is 19.4 Å². The lowest BCUT2D eigenvalue weighted by atomic mass is 9.86. The van der Waals surface area contributed by atoms with Crippen LogP contribution in [-0.2, 0) is 9.59 Å². The lowest BCUT2D eigenvalue weighted by Gasteiger charge is -2.27. The molecular formula is C17H23NO4. The minimum Gasteiger partial charge on any atom is -0.481 e. The van der Waals surface area contributed by atoms with Crippen molar-refractivity contribution in [1.29, 1.82) is 0 Å². The quantitative estimate of drug-likeness (QED) is 0.876. The molecule has 1 fully saturated rings. The summed E-state index contributed by atoms with van der Waals surface area (Å²) in [5.74, 6) is -0.489. The van der Waals surface area contributed by atoms with Crippen molar-refractivity contribution in [3.8, 4) is 5.75 Å². The Kier molecular flexibility index (Phi) is 5.41. The molecule has 0 heterocycles. The molecule has 0 bridgehead atoms. The van der Waals surface area contributed by atoms with Gasteiger partial charge < -0.3 is 15.2 Å². The zero-order valence-corrected chi connectivity index (χ0v) is 13.0. The Morgan fingerprint density at radius 1 is 1.18 bits per heavy atom. The lowest BCUT2D eigenvalue weighted by Crippen LogP contribution is -2.44. The van der Waals surface area contributed by atoms with Crippen LogP contribution in [0.3, 0.4) is 0 Å². The fourth-order valence-corrected chi connectivity index (χ4v) is 2.68. The molecule has 0 spiro atoms. The fourth-order valence-electron chi connectivity index (χ4n) is 2.68. The third kappa shape index (κ3) is 4.48. The molecule has 5 heteroatoms. The molecule has 1 aromatic rings. The van der Waals surface area contributed by atoms with Crippen molar-refractivity contribution in [2.45, 2.75) is 51.7 Å². The van der Waals surface area contributed by atoms with Gasteiger partial charge in [0.15, 0.2) is 6.10 Å². The molecule has 1 aliphatic rings. The Hall–Kier alpha value is -2.04. The number of nitrogens with one attached hydrogen (secondary N) is 1. The molecule has 0 aromatic heterocycles. The van der Waals surface area contributed by atoms with Gasteiger partial charge in [-0.15, -0.1) is 0 Å². The van der Waals surface area contributed by atoms with Gasteiger partial charge in [-0.3, -0.25) is 9.59 Å². The SMILES string of the molecule is Cc1ccc(OC(C)C(=O)NC2CCC(C(=O)O)CC2)cc1. The Morgan fingerprint density at radius 2 is 1.77 bits per heavy atom. The smallest absolute Gasteiger partial charge is 0.306 e. The van der Waals surface area contributed by atoms with Crippen LogP contribution in [0.4, 0.5) is 0 Å². The molecule has 1 amide bonds. The predicted molar refractivity (Wildman–Crippen MR) is 82.8 cm³/mol. The molecule has 1 unspecified atom stereocenters. The van der Waals surface area contributed by atoms with E-state index in [9.17, 15) is 9.59 Å². The number of rotatable bonds is 5. The van der Waals surface area contributed by atoms with Crippen molar-refractivity contribution in [2.24, 2.45) is 5.92 Å². The number of amides is 1. The number of aliphatic carboxylic acids is 1. The minimum atomic E-state index is -0.735. The molecule has 1 aromatic carbocycles. The lowest BCUT2D eigenvalue weighted by molar-refractivity contribution is -0.142. The summed E-state index contributed by atoms with van der Waals surface area (Å²) in [6, 6.07) is 7.61. The number of carboxylic acids is 1. The van der Waals surface area contributed by atoms with Crippen LogP contribution in [-0.4, -0.2) is 29.1 Å². The highest BCUT2D eigenvalue weighted by Crippen LogP contribution is 2.24. The number of ether oxygens (including phenoxy) is 1. The minimum absolute atomic E-state index is 0.0483. The van der Waals surface area contributed by atoms with Crippen molar-refractivity contribution in [3.63, 3.8) is 0 Å². The van der Waals surface area contributed by atoms with Gasteiger partial charge in [0.2, 0.25) is 0 Å². The predicted octanol–water partition coefficient (Wildman–Crippen LogP) is 2.52. The van der Waals surface area contributed by atoms with Gasteiger partial charge in [0, 0.05) is 6.04 Å². The van der Waals surface area contributed by atoms with Gasteiger partial charge >= 0.3 is 5.97 Å². The van der Waals surface area contributed by atoms with E-state index in [-0.39, 0.29) is 17.9 Å². The van der Waals surface area contributed by atoms with Crippen LogP contribution in [0.1, 0.15) is 38.2 Å². The third-order valence-electron chi connectivity index (χ3n) is 4.13. The van der Waals surface area contributed by atoms with E-state index >= 15 is 0 Å². The zero-order valence-electron chi connectivity index (χ0n) is 13.0. The van der Waals surface area contributed by atoms with Crippen LogP contribution >= 0.6 is 0 Å². The summed E-state index contributed by atoms with van der Waals surface area (Å²) in [4.78, 5) is 23.1. The van der Waals surface area contributed by atoms with E-state index in [1.807, 2.05) is 31.2 Å². The molecule has 0 radical (unpaired) electrons. The normalized spacial score (nSPS) is 22.6. The summed E-state index contributed by atoms with van der Waals surface area (Å²) in [5.41, 5.74) is 1.14. The van der Waals surface area contributed by atoms with Crippen molar-refractivity contribution in [1.82, 2.24) is 5.32 Å². The summed E-state index contributed by atoms with van der Waals surface area (Å²) >= 11 is 0. The first-order chi connectivity index (χ1) is 10.5. The largest absolute Gasteiger partial charge is 0.481 e. The monoisotopic (exact) mass is 305 g/mol. The van der Waals surface area contributed by atoms with Crippen LogP contribution in [0.2, 0.25) is 0 Å². The maximum absolute atomic E-state index is 12.1. The number of benzene rings is 1. The first kappa shape index (κ1) is 16.3. The highest BCUT2D eigenvalue weighted by Gasteiger charge is 2.27. The number of hydrogen-bond donors (Lipinski definition) is 2. The number of carboxylic acid groups (broad SMARTS) is 1. The average Bonchev–Trinajstić information content (AvgIpc) is 2.50. The standard InChI is InChI=1S/C17H23NO4/c1-11-3-9-15(10-4-11)22-12(2)16(19)18-14-7-5-13(6-8-14)17(20)21/h3-4,9-10,12-14H,5-8H2,1-2H3,(H,18,19)(H,20,21). The molecule has 2 N–H and O–H groups in total. The van der Waals surface area contributed by atoms with Gasteiger partial charge in [-0.25, -0.2) is 0 Å².